The second-order valence-electron chi connectivity index (χ2n) is 4.11. The molecular weight excluding hydrogens is 192 g/mol. The number of rotatable bonds is 1. The molecule has 2 N–H and O–H groups in total. The molecule has 1 aliphatic rings. The average Bonchev–Trinajstić information content (AvgIpc) is 2.55. The molecule has 1 saturated carbocycles. The van der Waals surface area contributed by atoms with Crippen LogP contribution in [0.4, 0.5) is 0 Å². The fourth-order valence-electron chi connectivity index (χ4n) is 2.09. The lowest BCUT2D eigenvalue weighted by molar-refractivity contribution is 0.0453. The van der Waals surface area contributed by atoms with Gasteiger partial charge in [0.05, 0.1) is 23.9 Å². The van der Waals surface area contributed by atoms with Crippen molar-refractivity contribution in [1.29, 1.82) is 0 Å². The Labute approximate surface area is 86.8 Å². The lowest BCUT2D eigenvalue weighted by Gasteiger charge is -2.31. The van der Waals surface area contributed by atoms with Crippen molar-refractivity contribution in [2.45, 2.75) is 25.0 Å². The zero-order valence-electron chi connectivity index (χ0n) is 8.17. The molecule has 0 unspecified atom stereocenters. The minimum Gasteiger partial charge on any atom is -0.508 e. The molecule has 1 fully saturated rings. The summed E-state index contributed by atoms with van der Waals surface area (Å²) in [5.41, 5.74) is 1.02. The molecule has 0 amide bonds. The van der Waals surface area contributed by atoms with Gasteiger partial charge in [0, 0.05) is 5.39 Å². The van der Waals surface area contributed by atoms with E-state index in [2.05, 4.69) is 5.10 Å². The molecule has 0 radical (unpaired) electrons. The van der Waals surface area contributed by atoms with E-state index in [4.69, 9.17) is 0 Å². The van der Waals surface area contributed by atoms with Gasteiger partial charge < -0.3 is 10.2 Å². The molecular formula is C11H12N2O2. The molecule has 4 heteroatoms. The molecule has 0 spiro atoms. The maximum Gasteiger partial charge on any atom is 0.116 e. The number of phenols is 1. The van der Waals surface area contributed by atoms with E-state index in [1.165, 1.54) is 0 Å². The third-order valence-electron chi connectivity index (χ3n) is 3.01. The lowest BCUT2D eigenvalue weighted by atomic mass is 9.89. The summed E-state index contributed by atoms with van der Waals surface area (Å²) in [5.74, 6) is 0.260. The van der Waals surface area contributed by atoms with Crippen LogP contribution < -0.4 is 0 Å². The van der Waals surface area contributed by atoms with Crippen molar-refractivity contribution in [3.63, 3.8) is 0 Å². The van der Waals surface area contributed by atoms with Crippen molar-refractivity contribution in [1.82, 2.24) is 9.78 Å². The molecule has 0 aliphatic heterocycles. The molecule has 1 aromatic carbocycles. The maximum absolute atomic E-state index is 9.31. The van der Waals surface area contributed by atoms with Gasteiger partial charge in [-0.05, 0) is 31.0 Å². The quantitative estimate of drug-likeness (QED) is 0.739. The van der Waals surface area contributed by atoms with E-state index >= 15 is 0 Å². The molecule has 2 aromatic rings. The number of phenolic OH excluding ortho intramolecular Hbond substituents is 1. The first-order valence-corrected chi connectivity index (χ1v) is 5.08. The largest absolute Gasteiger partial charge is 0.508 e. The second kappa shape index (κ2) is 2.97. The first-order chi connectivity index (χ1) is 7.24. The molecule has 4 nitrogen and oxygen atoms in total. The van der Waals surface area contributed by atoms with Crippen molar-refractivity contribution in [2.75, 3.05) is 0 Å². The van der Waals surface area contributed by atoms with Gasteiger partial charge in [0.1, 0.15) is 5.75 Å². The van der Waals surface area contributed by atoms with Gasteiger partial charge in [0.15, 0.2) is 0 Å². The van der Waals surface area contributed by atoms with Crippen molar-refractivity contribution >= 4 is 10.9 Å². The van der Waals surface area contributed by atoms with Gasteiger partial charge in [-0.15, -0.1) is 0 Å². The Morgan fingerprint density at radius 2 is 2.13 bits per heavy atom. The number of aliphatic hydroxyl groups excluding tert-OH is 1. The van der Waals surface area contributed by atoms with Crippen LogP contribution in [0.1, 0.15) is 18.9 Å². The Morgan fingerprint density at radius 1 is 1.33 bits per heavy atom. The zero-order valence-corrected chi connectivity index (χ0v) is 8.17. The van der Waals surface area contributed by atoms with E-state index in [1.54, 1.807) is 18.3 Å². The van der Waals surface area contributed by atoms with Crippen LogP contribution in [0.2, 0.25) is 0 Å². The van der Waals surface area contributed by atoms with Gasteiger partial charge in [-0.1, -0.05) is 0 Å². The van der Waals surface area contributed by atoms with Crippen molar-refractivity contribution < 1.29 is 10.2 Å². The molecule has 1 heterocycles. The molecule has 1 aliphatic carbocycles. The van der Waals surface area contributed by atoms with Gasteiger partial charge in [-0.25, -0.2) is 0 Å². The van der Waals surface area contributed by atoms with E-state index in [9.17, 15) is 10.2 Å². The molecule has 0 atom stereocenters. The number of aromatic nitrogens is 2. The summed E-state index contributed by atoms with van der Waals surface area (Å²) in [6.07, 6.45) is 3.13. The monoisotopic (exact) mass is 204 g/mol. The third kappa shape index (κ3) is 1.29. The van der Waals surface area contributed by atoms with Crippen molar-refractivity contribution in [3.05, 3.63) is 24.4 Å². The minimum absolute atomic E-state index is 0.175. The molecule has 3 rings (SSSR count). The molecule has 0 saturated heterocycles. The predicted octanol–water partition coefficient (Wildman–Crippen LogP) is 1.44. The second-order valence-corrected chi connectivity index (χ2v) is 4.11. The number of hydrogen-bond donors (Lipinski definition) is 2. The van der Waals surface area contributed by atoms with Crippen molar-refractivity contribution in [2.24, 2.45) is 0 Å². The Kier molecular flexibility index (Phi) is 1.73. The molecule has 78 valence electrons. The van der Waals surface area contributed by atoms with Crippen LogP contribution in [0, 0.1) is 0 Å². The number of hydrogen-bond acceptors (Lipinski definition) is 3. The summed E-state index contributed by atoms with van der Waals surface area (Å²) in [6.45, 7) is 0. The minimum atomic E-state index is -0.175. The van der Waals surface area contributed by atoms with E-state index in [-0.39, 0.29) is 11.9 Å². The third-order valence-corrected chi connectivity index (χ3v) is 3.01. The summed E-state index contributed by atoms with van der Waals surface area (Å²) in [6, 6.07) is 5.54. The van der Waals surface area contributed by atoms with Crippen molar-refractivity contribution in [3.8, 4) is 5.75 Å². The number of aliphatic hydroxyl groups is 1. The zero-order chi connectivity index (χ0) is 10.4. The highest BCUT2D eigenvalue weighted by atomic mass is 16.3. The van der Waals surface area contributed by atoms with Gasteiger partial charge >= 0.3 is 0 Å². The highest BCUT2D eigenvalue weighted by Crippen LogP contribution is 2.34. The van der Waals surface area contributed by atoms with Crippen LogP contribution in [0.5, 0.6) is 5.75 Å². The number of nitrogens with zero attached hydrogens (tertiary/aromatic N) is 2. The van der Waals surface area contributed by atoms with Gasteiger partial charge in [-0.3, -0.25) is 4.68 Å². The molecule has 0 bridgehead atoms. The first kappa shape index (κ1) is 8.73. The van der Waals surface area contributed by atoms with E-state index in [1.807, 2.05) is 10.7 Å². The first-order valence-electron chi connectivity index (χ1n) is 5.08. The smallest absolute Gasteiger partial charge is 0.116 e. The topological polar surface area (TPSA) is 58.3 Å². The standard InChI is InChI=1S/C11H12N2O2/c14-9-1-2-11-7(3-9)6-12-13(11)8-4-10(15)5-8/h1-3,6,8,10,14-15H,4-5H2/t8-,10-. The number of aromatic hydroxyl groups is 1. The summed E-state index contributed by atoms with van der Waals surface area (Å²) in [7, 11) is 0. The van der Waals surface area contributed by atoms with Crippen LogP contribution in [0.3, 0.4) is 0 Å². The Morgan fingerprint density at radius 3 is 2.87 bits per heavy atom. The number of benzene rings is 1. The molecule has 15 heavy (non-hydrogen) atoms. The van der Waals surface area contributed by atoms with E-state index in [0.29, 0.717) is 6.04 Å². The van der Waals surface area contributed by atoms with Crippen LogP contribution in [-0.4, -0.2) is 26.1 Å². The average molecular weight is 204 g/mol. The van der Waals surface area contributed by atoms with Crippen LogP contribution >= 0.6 is 0 Å². The van der Waals surface area contributed by atoms with E-state index < -0.39 is 0 Å². The van der Waals surface area contributed by atoms with Gasteiger partial charge in [0.2, 0.25) is 0 Å². The van der Waals surface area contributed by atoms with Gasteiger partial charge in [-0.2, -0.15) is 5.10 Å². The molecule has 1 aromatic heterocycles. The van der Waals surface area contributed by atoms with Crippen LogP contribution in [0.25, 0.3) is 10.9 Å². The van der Waals surface area contributed by atoms with Crippen LogP contribution in [-0.2, 0) is 0 Å². The Bertz CT molecular complexity index is 500. The summed E-state index contributed by atoms with van der Waals surface area (Å²) < 4.78 is 1.93. The predicted molar refractivity (Wildman–Crippen MR) is 55.7 cm³/mol. The maximum atomic E-state index is 9.31. The van der Waals surface area contributed by atoms with E-state index in [0.717, 1.165) is 23.7 Å². The summed E-state index contributed by atoms with van der Waals surface area (Å²) in [5, 5.41) is 23.8. The normalized spacial score (nSPS) is 25.4. The fourth-order valence-corrected chi connectivity index (χ4v) is 2.09. The SMILES string of the molecule is Oc1ccc2c(cnn2[C@H]2C[C@H](O)C2)c1. The fraction of sp³-hybridized carbons (Fsp3) is 0.364. The Balaban J connectivity index is 2.05. The van der Waals surface area contributed by atoms with Crippen LogP contribution in [0.15, 0.2) is 24.4 Å². The highest BCUT2D eigenvalue weighted by Gasteiger charge is 2.30. The summed E-state index contributed by atoms with van der Waals surface area (Å²) in [4.78, 5) is 0. The number of fused-ring (bicyclic) bond motifs is 1. The Hall–Kier alpha value is -1.55. The summed E-state index contributed by atoms with van der Waals surface area (Å²) >= 11 is 0. The highest BCUT2D eigenvalue weighted by molar-refractivity contribution is 5.80. The lowest BCUT2D eigenvalue weighted by Crippen LogP contribution is -2.31. The van der Waals surface area contributed by atoms with Gasteiger partial charge in [0.25, 0.3) is 0 Å².